The van der Waals surface area contributed by atoms with Gasteiger partial charge in [0.05, 0.1) is 17.6 Å². The molecule has 3 nitrogen and oxygen atoms in total. The second kappa shape index (κ2) is 4.84. The number of ether oxygens (including phenoxy) is 1. The number of hydrogen-bond acceptors (Lipinski definition) is 2. The fourth-order valence-corrected chi connectivity index (χ4v) is 2.52. The number of imidazole rings is 1. The zero-order chi connectivity index (χ0) is 12.4. The molecule has 1 atom stereocenters. The fourth-order valence-electron chi connectivity index (χ4n) is 2.52. The van der Waals surface area contributed by atoms with Crippen LogP contribution >= 0.6 is 0 Å². The second-order valence-corrected chi connectivity index (χ2v) is 4.81. The van der Waals surface area contributed by atoms with E-state index in [9.17, 15) is 0 Å². The Hall–Kier alpha value is -1.77. The molecule has 0 fully saturated rings. The molecule has 3 rings (SSSR count). The average molecular weight is 242 g/mol. The summed E-state index contributed by atoms with van der Waals surface area (Å²) in [5, 5.41) is 0. The summed E-state index contributed by atoms with van der Waals surface area (Å²) in [6, 6.07) is 8.98. The van der Waals surface area contributed by atoms with Crippen molar-refractivity contribution in [3.05, 3.63) is 36.9 Å². The monoisotopic (exact) mass is 242 g/mol. The highest BCUT2D eigenvalue weighted by Crippen LogP contribution is 2.29. The Labute approximate surface area is 107 Å². The van der Waals surface area contributed by atoms with Gasteiger partial charge in [-0.05, 0) is 37.8 Å². The minimum atomic E-state index is 0.293. The third kappa shape index (κ3) is 2.01. The lowest BCUT2D eigenvalue weighted by atomic mass is 10.1. The van der Waals surface area contributed by atoms with Gasteiger partial charge in [-0.25, -0.2) is 0 Å². The summed E-state index contributed by atoms with van der Waals surface area (Å²) < 4.78 is 8.09. The van der Waals surface area contributed by atoms with Gasteiger partial charge in [0, 0.05) is 0 Å². The number of para-hydroxylation sites is 2. The van der Waals surface area contributed by atoms with Crippen molar-refractivity contribution in [2.24, 2.45) is 0 Å². The third-order valence-corrected chi connectivity index (χ3v) is 3.46. The van der Waals surface area contributed by atoms with E-state index in [-0.39, 0.29) is 0 Å². The van der Waals surface area contributed by atoms with Gasteiger partial charge in [0.1, 0.15) is 6.10 Å². The minimum absolute atomic E-state index is 0.293. The van der Waals surface area contributed by atoms with Crippen molar-refractivity contribution >= 4 is 11.0 Å². The van der Waals surface area contributed by atoms with E-state index in [2.05, 4.69) is 28.3 Å². The zero-order valence-electron chi connectivity index (χ0n) is 10.5. The first kappa shape index (κ1) is 11.3. The first-order valence-electron chi connectivity index (χ1n) is 6.61. The number of allylic oxidation sites excluding steroid dienone is 1. The van der Waals surface area contributed by atoms with Crippen LogP contribution in [0.5, 0.6) is 6.01 Å². The van der Waals surface area contributed by atoms with Gasteiger partial charge in [-0.3, -0.25) is 4.57 Å². The molecular formula is C15H18N2O. The summed E-state index contributed by atoms with van der Waals surface area (Å²) in [6.07, 6.45) is 6.87. The Balaban J connectivity index is 1.66. The Morgan fingerprint density at radius 2 is 2.28 bits per heavy atom. The van der Waals surface area contributed by atoms with Gasteiger partial charge in [0.2, 0.25) is 0 Å². The van der Waals surface area contributed by atoms with Crippen LogP contribution in [0.15, 0.2) is 36.9 Å². The van der Waals surface area contributed by atoms with Crippen LogP contribution in [0.2, 0.25) is 0 Å². The molecule has 1 unspecified atom stereocenters. The summed E-state index contributed by atoms with van der Waals surface area (Å²) in [4.78, 5) is 4.51. The van der Waals surface area contributed by atoms with Crippen molar-refractivity contribution in [3.63, 3.8) is 0 Å². The Morgan fingerprint density at radius 1 is 1.39 bits per heavy atom. The molecule has 1 aliphatic heterocycles. The molecule has 0 saturated carbocycles. The van der Waals surface area contributed by atoms with Crippen molar-refractivity contribution in [2.75, 3.05) is 0 Å². The molecule has 0 N–H and O–H groups in total. The smallest absolute Gasteiger partial charge is 0.297 e. The van der Waals surface area contributed by atoms with E-state index in [4.69, 9.17) is 4.74 Å². The van der Waals surface area contributed by atoms with Crippen LogP contribution in [0.4, 0.5) is 0 Å². The van der Waals surface area contributed by atoms with Gasteiger partial charge in [0.15, 0.2) is 0 Å². The number of aromatic nitrogens is 2. The quantitative estimate of drug-likeness (QED) is 0.592. The Morgan fingerprint density at radius 3 is 3.17 bits per heavy atom. The average Bonchev–Trinajstić information content (AvgIpc) is 2.91. The first-order valence-corrected chi connectivity index (χ1v) is 6.61. The maximum Gasteiger partial charge on any atom is 0.297 e. The van der Waals surface area contributed by atoms with Crippen LogP contribution in [0.1, 0.15) is 25.7 Å². The predicted octanol–water partition coefficient (Wildman–Crippen LogP) is 3.54. The van der Waals surface area contributed by atoms with Gasteiger partial charge < -0.3 is 4.74 Å². The molecular weight excluding hydrogens is 224 g/mol. The first-order chi connectivity index (χ1) is 8.88. The van der Waals surface area contributed by atoms with Crippen LogP contribution in [-0.4, -0.2) is 15.7 Å². The maximum absolute atomic E-state index is 5.90. The van der Waals surface area contributed by atoms with Crippen molar-refractivity contribution in [1.29, 1.82) is 0 Å². The van der Waals surface area contributed by atoms with Gasteiger partial charge in [-0.1, -0.05) is 18.2 Å². The minimum Gasteiger partial charge on any atom is -0.459 e. The van der Waals surface area contributed by atoms with Crippen molar-refractivity contribution < 1.29 is 4.74 Å². The van der Waals surface area contributed by atoms with Crippen LogP contribution in [0, 0.1) is 0 Å². The molecule has 0 aliphatic carbocycles. The molecule has 1 aromatic heterocycles. The van der Waals surface area contributed by atoms with Gasteiger partial charge in [0.25, 0.3) is 6.01 Å². The number of fused-ring (bicyclic) bond motifs is 3. The summed E-state index contributed by atoms with van der Waals surface area (Å²) in [6.45, 7) is 4.68. The fraction of sp³-hybridized carbons (Fsp3) is 0.400. The normalized spacial score (nSPS) is 17.7. The van der Waals surface area contributed by atoms with E-state index >= 15 is 0 Å². The summed E-state index contributed by atoms with van der Waals surface area (Å²) in [5.74, 6) is 0. The molecule has 2 heterocycles. The number of benzene rings is 1. The SMILES string of the molecule is C=CCCCCC1Cn2c(nc3ccccc32)O1. The molecule has 18 heavy (non-hydrogen) atoms. The molecule has 0 radical (unpaired) electrons. The Bertz CT molecular complexity index is 559. The molecule has 0 spiro atoms. The molecule has 2 aromatic rings. The van der Waals surface area contributed by atoms with Crippen LogP contribution in [0.25, 0.3) is 11.0 Å². The summed E-state index contributed by atoms with van der Waals surface area (Å²) in [5.41, 5.74) is 2.21. The summed E-state index contributed by atoms with van der Waals surface area (Å²) >= 11 is 0. The van der Waals surface area contributed by atoms with Crippen molar-refractivity contribution in [3.8, 4) is 6.01 Å². The second-order valence-electron chi connectivity index (χ2n) is 4.81. The lowest BCUT2D eigenvalue weighted by Gasteiger charge is -2.08. The highest BCUT2D eigenvalue weighted by Gasteiger charge is 2.25. The standard InChI is InChI=1S/C15H18N2O/c1-2-3-4-5-8-12-11-17-14-10-7-6-9-13(14)16-15(17)18-12/h2,6-7,9-10,12H,1,3-5,8,11H2. The molecule has 94 valence electrons. The van der Waals surface area contributed by atoms with E-state index in [0.29, 0.717) is 6.10 Å². The van der Waals surface area contributed by atoms with Gasteiger partial charge >= 0.3 is 0 Å². The number of rotatable bonds is 5. The van der Waals surface area contributed by atoms with Crippen LogP contribution in [-0.2, 0) is 6.54 Å². The lowest BCUT2D eigenvalue weighted by molar-refractivity contribution is 0.210. The lowest BCUT2D eigenvalue weighted by Crippen LogP contribution is -2.14. The third-order valence-electron chi connectivity index (χ3n) is 3.46. The highest BCUT2D eigenvalue weighted by molar-refractivity contribution is 5.76. The van der Waals surface area contributed by atoms with Crippen molar-refractivity contribution in [1.82, 2.24) is 9.55 Å². The number of hydrogen-bond donors (Lipinski definition) is 0. The molecule has 1 aromatic carbocycles. The van der Waals surface area contributed by atoms with Gasteiger partial charge in [-0.2, -0.15) is 4.98 Å². The molecule has 3 heteroatoms. The predicted molar refractivity (Wildman–Crippen MR) is 72.8 cm³/mol. The van der Waals surface area contributed by atoms with E-state index in [1.807, 2.05) is 18.2 Å². The largest absolute Gasteiger partial charge is 0.459 e. The number of nitrogens with zero attached hydrogens (tertiary/aromatic N) is 2. The molecule has 0 amide bonds. The topological polar surface area (TPSA) is 27.1 Å². The Kier molecular flexibility index (Phi) is 3.05. The molecule has 0 saturated heterocycles. The zero-order valence-corrected chi connectivity index (χ0v) is 10.5. The molecule has 1 aliphatic rings. The highest BCUT2D eigenvalue weighted by atomic mass is 16.5. The maximum atomic E-state index is 5.90. The summed E-state index contributed by atoms with van der Waals surface area (Å²) in [7, 11) is 0. The van der Waals surface area contributed by atoms with Crippen LogP contribution < -0.4 is 4.74 Å². The van der Waals surface area contributed by atoms with E-state index < -0.39 is 0 Å². The van der Waals surface area contributed by atoms with E-state index in [1.165, 1.54) is 18.4 Å². The van der Waals surface area contributed by atoms with Crippen molar-refractivity contribution in [2.45, 2.75) is 38.3 Å². The van der Waals surface area contributed by atoms with Crippen LogP contribution in [0.3, 0.4) is 0 Å². The van der Waals surface area contributed by atoms with E-state index in [0.717, 1.165) is 30.9 Å². The van der Waals surface area contributed by atoms with E-state index in [1.54, 1.807) is 0 Å². The molecule has 0 bridgehead atoms. The van der Waals surface area contributed by atoms with Gasteiger partial charge in [-0.15, -0.1) is 6.58 Å². The number of unbranched alkanes of at least 4 members (excludes halogenated alkanes) is 2.